The quantitative estimate of drug-likeness (QED) is 0.366. The molecular weight excluding hydrogens is 490 g/mol. The minimum Gasteiger partial charge on any atom is -0.444 e. The van der Waals surface area contributed by atoms with Gasteiger partial charge in [0.15, 0.2) is 0 Å². The van der Waals surface area contributed by atoms with Gasteiger partial charge in [0.1, 0.15) is 5.60 Å². The monoisotopic (exact) mass is 539 g/mol. The molecule has 39 heavy (non-hydrogen) atoms. The van der Waals surface area contributed by atoms with Crippen molar-refractivity contribution in [1.29, 1.82) is 0 Å². The van der Waals surface area contributed by atoms with Crippen LogP contribution < -0.4 is 5.32 Å². The fourth-order valence-electron chi connectivity index (χ4n) is 10.4. The molecule has 1 aliphatic heterocycles. The summed E-state index contributed by atoms with van der Waals surface area (Å²) in [5.41, 5.74) is -0.488. The molecule has 1 heterocycles. The maximum Gasteiger partial charge on any atom is 0.407 e. The highest BCUT2D eigenvalue weighted by Gasteiger charge is 2.49. The second kappa shape index (κ2) is 10.8. The lowest BCUT2D eigenvalue weighted by Crippen LogP contribution is -2.47. The lowest BCUT2D eigenvalue weighted by molar-refractivity contribution is -0.135. The smallest absolute Gasteiger partial charge is 0.407 e. The molecule has 1 atom stereocenters. The molecule has 9 aliphatic rings. The first kappa shape index (κ1) is 27.3. The first-order valence-corrected chi connectivity index (χ1v) is 16.0. The van der Waals surface area contributed by atoms with E-state index in [4.69, 9.17) is 4.74 Å². The normalized spacial score (nSPS) is 42.9. The standard InChI is InChI=1S/C21H34N2O3.C11H15NO/c1-21(2,3)26-20(25)22-17-4-5-23(12-17)19(24)11-18-15-7-13-6-14(9-15)10-16(18)8-13;13-6-12-11-9-2-7-1-8(4-9)5-10(11)3-7/h13-18H,4-12H2,1-3H3,(H,22,25);7-11H,1-5H2/t13?,14?,15?,16?,17-,18?;/m1./s1. The van der Waals surface area contributed by atoms with Crippen molar-refractivity contribution in [2.45, 2.75) is 116 Å². The summed E-state index contributed by atoms with van der Waals surface area (Å²) in [5, 5.41) is 2.92. The molecule has 0 aromatic rings. The number of hydrogen-bond donors (Lipinski definition) is 1. The van der Waals surface area contributed by atoms with E-state index < -0.39 is 5.60 Å². The number of alkyl carbamates (subject to hydrolysis) is 1. The third-order valence-corrected chi connectivity index (χ3v) is 11.5. The maximum absolute atomic E-state index is 12.9. The molecule has 1 saturated heterocycles. The van der Waals surface area contributed by atoms with Gasteiger partial charge in [-0.15, -0.1) is 0 Å². The van der Waals surface area contributed by atoms with E-state index in [0.717, 1.165) is 66.7 Å². The molecule has 8 aliphatic carbocycles. The van der Waals surface area contributed by atoms with Crippen LogP contribution in [0.2, 0.25) is 0 Å². The number of carbonyl (C=O) groups excluding carboxylic acids is 3. The van der Waals surface area contributed by atoms with E-state index in [-0.39, 0.29) is 12.1 Å². The Morgan fingerprint density at radius 3 is 1.85 bits per heavy atom. The Labute approximate surface area is 234 Å². The minimum atomic E-state index is -0.488. The van der Waals surface area contributed by atoms with Crippen LogP contribution in [0.3, 0.4) is 0 Å². The van der Waals surface area contributed by atoms with E-state index in [1.807, 2.05) is 25.7 Å². The zero-order valence-electron chi connectivity index (χ0n) is 24.3. The predicted octanol–water partition coefficient (Wildman–Crippen LogP) is 5.72. The van der Waals surface area contributed by atoms with Crippen molar-refractivity contribution in [1.82, 2.24) is 10.2 Å². The zero-order valence-corrected chi connectivity index (χ0v) is 24.3. The van der Waals surface area contributed by atoms with Crippen molar-refractivity contribution in [3.05, 3.63) is 0 Å². The Kier molecular flexibility index (Phi) is 7.58. The van der Waals surface area contributed by atoms with Crippen LogP contribution in [0.4, 0.5) is 4.79 Å². The van der Waals surface area contributed by atoms with Gasteiger partial charge >= 0.3 is 6.09 Å². The summed E-state index contributed by atoms with van der Waals surface area (Å²) < 4.78 is 5.33. The van der Waals surface area contributed by atoms with Gasteiger partial charge in [0.2, 0.25) is 12.0 Å². The van der Waals surface area contributed by atoms with E-state index in [9.17, 15) is 14.4 Å². The molecule has 7 nitrogen and oxygen atoms in total. The van der Waals surface area contributed by atoms with Gasteiger partial charge in [-0.3, -0.25) is 4.79 Å². The number of carbonyl (C=O) groups is 2. The van der Waals surface area contributed by atoms with E-state index in [0.29, 0.717) is 24.4 Å². The highest BCUT2D eigenvalue weighted by Crippen LogP contribution is 2.57. The molecule has 8 bridgehead atoms. The molecule has 7 heteroatoms. The first-order valence-electron chi connectivity index (χ1n) is 16.0. The summed E-state index contributed by atoms with van der Waals surface area (Å²) >= 11 is 0. The van der Waals surface area contributed by atoms with Crippen LogP contribution in [-0.2, 0) is 14.3 Å². The van der Waals surface area contributed by atoms with Gasteiger partial charge in [-0.05, 0) is 145 Å². The van der Waals surface area contributed by atoms with Crippen molar-refractivity contribution in [3.63, 3.8) is 0 Å². The van der Waals surface area contributed by atoms with Gasteiger partial charge < -0.3 is 15.0 Å². The zero-order chi connectivity index (χ0) is 27.3. The molecule has 9 rings (SSSR count). The highest BCUT2D eigenvalue weighted by atomic mass is 16.6. The van der Waals surface area contributed by atoms with Crippen LogP contribution in [0.15, 0.2) is 4.99 Å². The Morgan fingerprint density at radius 2 is 1.36 bits per heavy atom. The number of amides is 2. The molecule has 0 aromatic heterocycles. The van der Waals surface area contributed by atoms with E-state index in [1.54, 1.807) is 6.08 Å². The van der Waals surface area contributed by atoms with E-state index in [2.05, 4.69) is 10.3 Å². The van der Waals surface area contributed by atoms with E-state index >= 15 is 0 Å². The third kappa shape index (κ3) is 6.09. The van der Waals surface area contributed by atoms with Crippen molar-refractivity contribution in [2.24, 2.45) is 58.3 Å². The molecule has 0 aromatic carbocycles. The summed E-state index contributed by atoms with van der Waals surface area (Å²) in [6, 6.07) is 0.373. The molecule has 0 spiro atoms. The molecule has 0 radical (unpaired) electrons. The number of nitrogens with zero attached hydrogens (tertiary/aromatic N) is 2. The third-order valence-electron chi connectivity index (χ3n) is 11.5. The van der Waals surface area contributed by atoms with Crippen molar-refractivity contribution in [3.8, 4) is 0 Å². The number of aliphatic imine (C=N–C) groups is 1. The molecule has 1 N–H and O–H groups in total. The Bertz CT molecular complexity index is 926. The van der Waals surface area contributed by atoms with Gasteiger partial charge in [0.05, 0.1) is 12.1 Å². The molecule has 216 valence electrons. The number of likely N-dealkylation sites (tertiary alicyclic amines) is 1. The SMILES string of the molecule is CC(C)(C)OC(=O)N[C@@H]1CCN(C(=O)CC2C3CC4CC(C3)CC2C4)C1.O=C=NC1C2CC3CC(C2)CC1C3. The summed E-state index contributed by atoms with van der Waals surface area (Å²) in [6.07, 6.45) is 16.7. The summed E-state index contributed by atoms with van der Waals surface area (Å²) in [6.45, 7) is 6.98. The van der Waals surface area contributed by atoms with Crippen molar-refractivity contribution < 1.29 is 19.1 Å². The Hall–Kier alpha value is -1.88. The van der Waals surface area contributed by atoms with Crippen molar-refractivity contribution >= 4 is 18.1 Å². The molecular formula is C32H49N3O4. The summed E-state index contributed by atoms with van der Waals surface area (Å²) in [4.78, 5) is 41.1. The lowest BCUT2D eigenvalue weighted by atomic mass is 9.51. The lowest BCUT2D eigenvalue weighted by Gasteiger charge is -2.54. The number of isocyanates is 1. The largest absolute Gasteiger partial charge is 0.444 e. The molecule has 2 amide bonds. The van der Waals surface area contributed by atoms with Crippen LogP contribution in [0, 0.1) is 53.3 Å². The van der Waals surface area contributed by atoms with Gasteiger partial charge in [0, 0.05) is 19.5 Å². The molecule has 8 saturated carbocycles. The Morgan fingerprint density at radius 1 is 0.846 bits per heavy atom. The van der Waals surface area contributed by atoms with Crippen LogP contribution >= 0.6 is 0 Å². The van der Waals surface area contributed by atoms with Crippen molar-refractivity contribution in [2.75, 3.05) is 13.1 Å². The molecule has 9 fully saturated rings. The Balaban J connectivity index is 0.000000176. The summed E-state index contributed by atoms with van der Waals surface area (Å²) in [7, 11) is 0. The predicted molar refractivity (Wildman–Crippen MR) is 148 cm³/mol. The number of ether oxygens (including phenoxy) is 1. The van der Waals surface area contributed by atoms with Crippen LogP contribution in [0.25, 0.3) is 0 Å². The highest BCUT2D eigenvalue weighted by molar-refractivity contribution is 5.77. The average Bonchev–Trinajstić information content (AvgIpc) is 3.30. The maximum atomic E-state index is 12.9. The first-order chi connectivity index (χ1) is 18.6. The molecule has 0 unspecified atom stereocenters. The fourth-order valence-corrected chi connectivity index (χ4v) is 10.4. The van der Waals surface area contributed by atoms with Gasteiger partial charge in [-0.25, -0.2) is 14.6 Å². The second-order valence-electron chi connectivity index (χ2n) is 15.4. The number of rotatable bonds is 4. The van der Waals surface area contributed by atoms with E-state index in [1.165, 1.54) is 64.2 Å². The second-order valence-corrected chi connectivity index (χ2v) is 15.4. The van der Waals surface area contributed by atoms with Crippen LogP contribution in [-0.4, -0.2) is 53.8 Å². The van der Waals surface area contributed by atoms with Gasteiger partial charge in [0.25, 0.3) is 0 Å². The van der Waals surface area contributed by atoms with Gasteiger partial charge in [-0.2, -0.15) is 0 Å². The minimum absolute atomic E-state index is 0.0206. The fraction of sp³-hybridized carbons (Fsp3) is 0.906. The van der Waals surface area contributed by atoms with Gasteiger partial charge in [-0.1, -0.05) is 0 Å². The number of nitrogens with one attached hydrogen (secondary N) is 1. The average molecular weight is 540 g/mol. The van der Waals surface area contributed by atoms with Crippen LogP contribution in [0.1, 0.15) is 97.8 Å². The van der Waals surface area contributed by atoms with Crippen LogP contribution in [0.5, 0.6) is 0 Å². The summed E-state index contributed by atoms with van der Waals surface area (Å²) in [5.74, 6) is 7.85. The topological polar surface area (TPSA) is 88.1 Å². The number of hydrogen-bond acceptors (Lipinski definition) is 5.